The lowest BCUT2D eigenvalue weighted by atomic mass is 10.1. The van der Waals surface area contributed by atoms with E-state index in [1.807, 2.05) is 0 Å². The van der Waals surface area contributed by atoms with Crippen LogP contribution in [0.1, 0.15) is 0 Å². The lowest BCUT2D eigenvalue weighted by Crippen LogP contribution is -2.52. The van der Waals surface area contributed by atoms with Gasteiger partial charge in [-0.15, -0.1) is 0 Å². The summed E-state index contributed by atoms with van der Waals surface area (Å²) in [5.41, 5.74) is 0. The molecule has 1 rings (SSSR count). The average molecular weight is 166 g/mol. The van der Waals surface area contributed by atoms with Gasteiger partial charge < -0.3 is 30.3 Å². The van der Waals surface area contributed by atoms with E-state index in [1.54, 1.807) is 0 Å². The van der Waals surface area contributed by atoms with Gasteiger partial charge in [-0.05, 0) is 0 Å². The number of hydrogen-bond acceptors (Lipinski definition) is 6. The minimum atomic E-state index is -2.46. The molecule has 66 valence electrons. The molecule has 0 aromatic carbocycles. The van der Waals surface area contributed by atoms with Crippen molar-refractivity contribution in [3.8, 4) is 0 Å². The molecule has 1 fully saturated rings. The van der Waals surface area contributed by atoms with Crippen LogP contribution >= 0.6 is 0 Å². The fourth-order valence-corrected chi connectivity index (χ4v) is 0.898. The van der Waals surface area contributed by atoms with Gasteiger partial charge >= 0.3 is 0 Å². The van der Waals surface area contributed by atoms with Crippen LogP contribution in [0, 0.1) is 0 Å². The predicted octanol–water partition coefficient (Wildman–Crippen LogP) is -3.26. The van der Waals surface area contributed by atoms with Crippen LogP contribution in [0.5, 0.6) is 0 Å². The van der Waals surface area contributed by atoms with Crippen LogP contribution in [0.4, 0.5) is 0 Å². The molecule has 1 aliphatic heterocycles. The maximum atomic E-state index is 9.08. The van der Waals surface area contributed by atoms with E-state index < -0.39 is 24.3 Å². The molecule has 0 spiro atoms. The average Bonchev–Trinajstić information content (AvgIpc) is 2.18. The van der Waals surface area contributed by atoms with Gasteiger partial charge in [-0.1, -0.05) is 0 Å². The highest BCUT2D eigenvalue weighted by molar-refractivity contribution is 4.90. The number of rotatable bonds is 1. The summed E-state index contributed by atoms with van der Waals surface area (Å²) in [5, 5.41) is 43.9. The third kappa shape index (κ3) is 1.24. The molecule has 0 radical (unpaired) electrons. The fraction of sp³-hybridized carbons (Fsp3) is 1.00. The van der Waals surface area contributed by atoms with Crippen molar-refractivity contribution in [2.24, 2.45) is 0 Å². The van der Waals surface area contributed by atoms with E-state index in [4.69, 9.17) is 25.5 Å². The molecule has 0 bridgehead atoms. The standard InChI is InChI=1S/C5H10O6/c6-2-1-11-5(10,3(2)7)4(8)9/h2-4,6-10H,1H2/t2-,3+,5-/m1/s1. The van der Waals surface area contributed by atoms with Crippen molar-refractivity contribution < 1.29 is 30.3 Å². The minimum Gasteiger partial charge on any atom is -0.388 e. The molecule has 1 aliphatic rings. The molecular formula is C5H10O6. The molecule has 0 aliphatic carbocycles. The summed E-state index contributed by atoms with van der Waals surface area (Å²) >= 11 is 0. The van der Waals surface area contributed by atoms with Crippen LogP contribution in [0.2, 0.25) is 0 Å². The highest BCUT2D eigenvalue weighted by Crippen LogP contribution is 2.25. The number of aliphatic hydroxyl groups is 5. The Hall–Kier alpha value is -0.240. The number of aliphatic hydroxyl groups excluding tert-OH is 3. The summed E-state index contributed by atoms with van der Waals surface area (Å²) in [6.45, 7) is -0.324. The highest BCUT2D eigenvalue weighted by atomic mass is 16.7. The van der Waals surface area contributed by atoms with Crippen molar-refractivity contribution in [3.63, 3.8) is 0 Å². The van der Waals surface area contributed by atoms with Crippen molar-refractivity contribution in [2.45, 2.75) is 24.3 Å². The van der Waals surface area contributed by atoms with Crippen LogP contribution in [0.15, 0.2) is 0 Å². The van der Waals surface area contributed by atoms with Crippen molar-refractivity contribution in [3.05, 3.63) is 0 Å². The predicted molar refractivity (Wildman–Crippen MR) is 31.1 cm³/mol. The molecule has 3 atom stereocenters. The van der Waals surface area contributed by atoms with Crippen LogP contribution in [0.25, 0.3) is 0 Å². The first-order chi connectivity index (χ1) is 4.98. The molecule has 0 unspecified atom stereocenters. The maximum absolute atomic E-state index is 9.08. The quantitative estimate of drug-likeness (QED) is 0.261. The summed E-state index contributed by atoms with van der Waals surface area (Å²) < 4.78 is 4.38. The summed E-state index contributed by atoms with van der Waals surface area (Å²) in [5.74, 6) is -2.46. The Morgan fingerprint density at radius 3 is 2.09 bits per heavy atom. The topological polar surface area (TPSA) is 110 Å². The molecule has 0 aromatic heterocycles. The van der Waals surface area contributed by atoms with E-state index in [0.717, 1.165) is 0 Å². The zero-order chi connectivity index (χ0) is 8.65. The smallest absolute Gasteiger partial charge is 0.247 e. The Balaban J connectivity index is 2.73. The van der Waals surface area contributed by atoms with Gasteiger partial charge in [-0.25, -0.2) is 0 Å². The SMILES string of the molecule is OC(O)[C@]1(O)OC[C@@H](O)[C@@H]1O. The second-order valence-electron chi connectivity index (χ2n) is 2.45. The molecule has 0 saturated carbocycles. The van der Waals surface area contributed by atoms with E-state index in [2.05, 4.69) is 4.74 Å². The summed E-state index contributed by atoms with van der Waals surface area (Å²) in [4.78, 5) is 0. The van der Waals surface area contributed by atoms with Crippen LogP contribution < -0.4 is 0 Å². The number of hydrogen-bond donors (Lipinski definition) is 5. The lowest BCUT2D eigenvalue weighted by molar-refractivity contribution is -0.318. The molecule has 1 saturated heterocycles. The van der Waals surface area contributed by atoms with Gasteiger partial charge in [0.25, 0.3) is 0 Å². The van der Waals surface area contributed by atoms with Crippen molar-refractivity contribution >= 4 is 0 Å². The summed E-state index contributed by atoms with van der Waals surface area (Å²) in [7, 11) is 0. The maximum Gasteiger partial charge on any atom is 0.247 e. The molecule has 1 heterocycles. The first-order valence-corrected chi connectivity index (χ1v) is 3.07. The lowest BCUT2D eigenvalue weighted by Gasteiger charge is -2.26. The number of ether oxygens (including phenoxy) is 1. The normalized spacial score (nSPS) is 45.3. The molecule has 0 aromatic rings. The third-order valence-corrected chi connectivity index (χ3v) is 1.64. The highest BCUT2D eigenvalue weighted by Gasteiger charge is 2.52. The van der Waals surface area contributed by atoms with Gasteiger partial charge in [0.05, 0.1) is 6.61 Å². The Bertz CT molecular complexity index is 148. The Morgan fingerprint density at radius 2 is 1.91 bits per heavy atom. The van der Waals surface area contributed by atoms with Gasteiger partial charge in [0.1, 0.15) is 12.2 Å². The van der Waals surface area contributed by atoms with Crippen molar-refractivity contribution in [2.75, 3.05) is 6.61 Å². The van der Waals surface area contributed by atoms with Crippen LogP contribution in [0.3, 0.4) is 0 Å². The van der Waals surface area contributed by atoms with Gasteiger partial charge in [0, 0.05) is 0 Å². The van der Waals surface area contributed by atoms with Gasteiger partial charge in [0.15, 0.2) is 0 Å². The Kier molecular flexibility index (Phi) is 2.15. The third-order valence-electron chi connectivity index (χ3n) is 1.64. The van der Waals surface area contributed by atoms with Gasteiger partial charge in [0.2, 0.25) is 12.1 Å². The van der Waals surface area contributed by atoms with Crippen LogP contribution in [-0.2, 0) is 4.74 Å². The zero-order valence-electron chi connectivity index (χ0n) is 5.58. The second kappa shape index (κ2) is 2.67. The first-order valence-electron chi connectivity index (χ1n) is 3.07. The first kappa shape index (κ1) is 8.85. The van der Waals surface area contributed by atoms with Crippen LogP contribution in [-0.4, -0.2) is 56.4 Å². The molecule has 11 heavy (non-hydrogen) atoms. The van der Waals surface area contributed by atoms with Gasteiger partial charge in [-0.3, -0.25) is 0 Å². The van der Waals surface area contributed by atoms with E-state index in [1.165, 1.54) is 0 Å². The summed E-state index contributed by atoms with van der Waals surface area (Å²) in [6.07, 6.45) is -5.21. The van der Waals surface area contributed by atoms with E-state index in [9.17, 15) is 0 Å². The Morgan fingerprint density at radius 1 is 1.36 bits per heavy atom. The monoisotopic (exact) mass is 166 g/mol. The minimum absolute atomic E-state index is 0.324. The molecule has 6 heteroatoms. The summed E-state index contributed by atoms with van der Waals surface area (Å²) in [6, 6.07) is 0. The van der Waals surface area contributed by atoms with Crippen molar-refractivity contribution in [1.82, 2.24) is 0 Å². The zero-order valence-corrected chi connectivity index (χ0v) is 5.58. The van der Waals surface area contributed by atoms with E-state index in [-0.39, 0.29) is 6.61 Å². The van der Waals surface area contributed by atoms with Crippen molar-refractivity contribution in [1.29, 1.82) is 0 Å². The molecule has 5 N–H and O–H groups in total. The van der Waals surface area contributed by atoms with Gasteiger partial charge in [-0.2, -0.15) is 0 Å². The van der Waals surface area contributed by atoms with E-state index in [0.29, 0.717) is 0 Å². The second-order valence-corrected chi connectivity index (χ2v) is 2.45. The Labute approximate surface area is 62.3 Å². The molecule has 0 amide bonds. The molecule has 6 nitrogen and oxygen atoms in total. The molecular weight excluding hydrogens is 156 g/mol. The largest absolute Gasteiger partial charge is 0.388 e. The fourth-order valence-electron chi connectivity index (χ4n) is 0.898. The van der Waals surface area contributed by atoms with E-state index >= 15 is 0 Å².